The molecule has 2 heterocycles. The largest absolute Gasteiger partial charge is 0.468 e. The van der Waals surface area contributed by atoms with Gasteiger partial charge in [-0.1, -0.05) is 13.0 Å². The molecule has 0 spiro atoms. The molecular formula is C14H19F3N2O. The van der Waals surface area contributed by atoms with E-state index in [9.17, 15) is 13.2 Å². The van der Waals surface area contributed by atoms with E-state index in [0.29, 0.717) is 19.6 Å². The first-order chi connectivity index (χ1) is 9.49. The maximum Gasteiger partial charge on any atom is 0.412 e. The van der Waals surface area contributed by atoms with Gasteiger partial charge in [0.1, 0.15) is 5.76 Å². The number of rotatable bonds is 5. The summed E-state index contributed by atoms with van der Waals surface area (Å²) in [5, 5.41) is 3.20. The zero-order chi connectivity index (χ0) is 14.6. The van der Waals surface area contributed by atoms with Crippen molar-refractivity contribution in [3.8, 4) is 0 Å². The van der Waals surface area contributed by atoms with Gasteiger partial charge in [-0.15, -0.1) is 0 Å². The number of hydrogen-bond donors (Lipinski definition) is 1. The van der Waals surface area contributed by atoms with E-state index in [-0.39, 0.29) is 6.42 Å². The summed E-state index contributed by atoms with van der Waals surface area (Å²) in [7, 11) is 0. The zero-order valence-electron chi connectivity index (χ0n) is 11.5. The van der Waals surface area contributed by atoms with Gasteiger partial charge in [-0.25, -0.2) is 0 Å². The molecule has 0 saturated carbocycles. The second-order valence-corrected chi connectivity index (χ2v) is 4.91. The highest BCUT2D eigenvalue weighted by molar-refractivity contribution is 5.15. The lowest BCUT2D eigenvalue weighted by Gasteiger charge is -2.26. The third-order valence-corrected chi connectivity index (χ3v) is 3.32. The first-order valence-corrected chi connectivity index (χ1v) is 6.74. The van der Waals surface area contributed by atoms with Crippen LogP contribution in [0.3, 0.4) is 0 Å². The van der Waals surface area contributed by atoms with E-state index in [1.807, 2.05) is 17.9 Å². The minimum Gasteiger partial charge on any atom is -0.468 e. The quantitative estimate of drug-likeness (QED) is 0.844. The molecule has 0 saturated heterocycles. The summed E-state index contributed by atoms with van der Waals surface area (Å²) in [6.07, 6.45) is -1.17. The molecule has 1 aromatic rings. The average molecular weight is 288 g/mol. The van der Waals surface area contributed by atoms with Crippen LogP contribution < -0.4 is 5.32 Å². The smallest absolute Gasteiger partial charge is 0.412 e. The van der Waals surface area contributed by atoms with Crippen LogP contribution in [0.15, 0.2) is 28.4 Å². The van der Waals surface area contributed by atoms with E-state index >= 15 is 0 Å². The van der Waals surface area contributed by atoms with Crippen LogP contribution in [0.1, 0.15) is 24.7 Å². The number of nitrogens with zero attached hydrogens (tertiary/aromatic N) is 1. The molecule has 0 amide bonds. The molecule has 1 aromatic heterocycles. The number of halogens is 3. The molecule has 0 atom stereocenters. The molecule has 0 fully saturated rings. The first kappa shape index (κ1) is 15.1. The molecule has 112 valence electrons. The number of alkyl halides is 3. The molecule has 1 N–H and O–H groups in total. The lowest BCUT2D eigenvalue weighted by molar-refractivity contribution is -0.0961. The third kappa shape index (κ3) is 4.11. The molecule has 3 nitrogen and oxygen atoms in total. The summed E-state index contributed by atoms with van der Waals surface area (Å²) in [5.74, 6) is 0.793. The Morgan fingerprint density at radius 2 is 2.20 bits per heavy atom. The Kier molecular flexibility index (Phi) is 4.88. The van der Waals surface area contributed by atoms with Gasteiger partial charge in [-0.05, 0) is 19.0 Å². The Labute approximate surface area is 116 Å². The van der Waals surface area contributed by atoms with Crippen LogP contribution >= 0.6 is 0 Å². The Hall–Kier alpha value is -1.27. The van der Waals surface area contributed by atoms with Crippen LogP contribution in [0.5, 0.6) is 0 Å². The van der Waals surface area contributed by atoms with E-state index in [1.165, 1.54) is 6.08 Å². The Balaban J connectivity index is 1.86. The summed E-state index contributed by atoms with van der Waals surface area (Å²) >= 11 is 0. The van der Waals surface area contributed by atoms with Gasteiger partial charge in [0.25, 0.3) is 0 Å². The third-order valence-electron chi connectivity index (χ3n) is 3.32. The van der Waals surface area contributed by atoms with Gasteiger partial charge in [0, 0.05) is 30.8 Å². The van der Waals surface area contributed by atoms with Gasteiger partial charge in [-0.3, -0.25) is 4.90 Å². The molecule has 0 unspecified atom stereocenters. The van der Waals surface area contributed by atoms with E-state index in [4.69, 9.17) is 4.42 Å². The zero-order valence-corrected chi connectivity index (χ0v) is 11.5. The number of nitrogens with one attached hydrogen (secondary N) is 1. The molecule has 0 radical (unpaired) electrons. The molecule has 0 bridgehead atoms. The summed E-state index contributed by atoms with van der Waals surface area (Å²) < 4.78 is 42.9. The highest BCUT2D eigenvalue weighted by atomic mass is 19.4. The van der Waals surface area contributed by atoms with Crippen LogP contribution in [0, 0.1) is 0 Å². The second kappa shape index (κ2) is 6.45. The monoisotopic (exact) mass is 288 g/mol. The van der Waals surface area contributed by atoms with Crippen molar-refractivity contribution in [2.75, 3.05) is 19.6 Å². The molecule has 6 heteroatoms. The van der Waals surface area contributed by atoms with E-state index in [0.717, 1.165) is 24.4 Å². The fourth-order valence-corrected chi connectivity index (χ4v) is 2.20. The Morgan fingerprint density at radius 3 is 2.80 bits per heavy atom. The fourth-order valence-electron chi connectivity index (χ4n) is 2.20. The molecular weight excluding hydrogens is 269 g/mol. The van der Waals surface area contributed by atoms with Gasteiger partial charge in [0.15, 0.2) is 0 Å². The lowest BCUT2D eigenvalue weighted by Crippen LogP contribution is -2.31. The molecule has 20 heavy (non-hydrogen) atoms. The molecule has 1 aliphatic heterocycles. The molecule has 0 aromatic carbocycles. The van der Waals surface area contributed by atoms with Crippen LogP contribution in [0.2, 0.25) is 0 Å². The minimum absolute atomic E-state index is 0.0501. The van der Waals surface area contributed by atoms with E-state index in [1.54, 1.807) is 6.26 Å². The normalized spacial score (nSPS) is 17.3. The fraction of sp³-hybridized carbons (Fsp3) is 0.571. The van der Waals surface area contributed by atoms with Gasteiger partial charge < -0.3 is 9.73 Å². The SMILES string of the molecule is CCNCc1coc(CN2CC=C(C(F)(F)F)CC2)c1. The first-order valence-electron chi connectivity index (χ1n) is 6.74. The molecule has 1 aliphatic rings. The van der Waals surface area contributed by atoms with Crippen molar-refractivity contribution in [3.63, 3.8) is 0 Å². The van der Waals surface area contributed by atoms with Gasteiger partial charge >= 0.3 is 6.18 Å². The van der Waals surface area contributed by atoms with Crippen molar-refractivity contribution in [1.82, 2.24) is 10.2 Å². The number of hydrogen-bond acceptors (Lipinski definition) is 3. The minimum atomic E-state index is -4.18. The Bertz CT molecular complexity index is 465. The standard InChI is InChI=1S/C14H19F3N2O/c1-2-18-8-11-7-13(20-10-11)9-19-5-3-12(4-6-19)14(15,16)17/h3,7,10,18H,2,4-6,8-9H2,1H3. The van der Waals surface area contributed by atoms with Crippen LogP contribution in [0.25, 0.3) is 0 Å². The topological polar surface area (TPSA) is 28.4 Å². The predicted octanol–water partition coefficient (Wildman–Crippen LogP) is 3.08. The molecule has 2 rings (SSSR count). The number of furan rings is 1. The van der Waals surface area contributed by atoms with Crippen molar-refractivity contribution >= 4 is 0 Å². The van der Waals surface area contributed by atoms with Gasteiger partial charge in [0.2, 0.25) is 0 Å². The Morgan fingerprint density at radius 1 is 1.40 bits per heavy atom. The summed E-state index contributed by atoms with van der Waals surface area (Å²) in [6, 6.07) is 1.95. The van der Waals surface area contributed by atoms with E-state index in [2.05, 4.69) is 5.32 Å². The summed E-state index contributed by atoms with van der Waals surface area (Å²) in [6.45, 7) is 4.94. The molecule has 0 aliphatic carbocycles. The van der Waals surface area contributed by atoms with Crippen LogP contribution in [-0.2, 0) is 13.1 Å². The van der Waals surface area contributed by atoms with Crippen molar-refractivity contribution < 1.29 is 17.6 Å². The van der Waals surface area contributed by atoms with Crippen LogP contribution in [-0.4, -0.2) is 30.7 Å². The van der Waals surface area contributed by atoms with Crippen molar-refractivity contribution in [1.29, 1.82) is 0 Å². The summed E-state index contributed by atoms with van der Waals surface area (Å²) in [5.41, 5.74) is 0.645. The van der Waals surface area contributed by atoms with Gasteiger partial charge in [-0.2, -0.15) is 13.2 Å². The maximum absolute atomic E-state index is 12.5. The van der Waals surface area contributed by atoms with Crippen molar-refractivity contribution in [2.24, 2.45) is 0 Å². The lowest BCUT2D eigenvalue weighted by atomic mass is 10.1. The average Bonchev–Trinajstić information content (AvgIpc) is 2.83. The van der Waals surface area contributed by atoms with Crippen molar-refractivity contribution in [3.05, 3.63) is 35.3 Å². The highest BCUT2D eigenvalue weighted by Crippen LogP contribution is 2.30. The summed E-state index contributed by atoms with van der Waals surface area (Å²) in [4.78, 5) is 1.95. The second-order valence-electron chi connectivity index (χ2n) is 4.91. The predicted molar refractivity (Wildman–Crippen MR) is 70.1 cm³/mol. The van der Waals surface area contributed by atoms with Crippen LogP contribution in [0.4, 0.5) is 13.2 Å². The van der Waals surface area contributed by atoms with Gasteiger partial charge in [0.05, 0.1) is 12.8 Å². The van der Waals surface area contributed by atoms with Crippen molar-refractivity contribution in [2.45, 2.75) is 32.6 Å². The van der Waals surface area contributed by atoms with E-state index < -0.39 is 11.7 Å². The maximum atomic E-state index is 12.5. The highest BCUT2D eigenvalue weighted by Gasteiger charge is 2.34.